The van der Waals surface area contributed by atoms with E-state index in [9.17, 15) is 8.78 Å². The maximum atomic E-state index is 14.7. The molecule has 5 nitrogen and oxygen atoms in total. The van der Waals surface area contributed by atoms with E-state index in [2.05, 4.69) is 20.4 Å². The van der Waals surface area contributed by atoms with Crippen molar-refractivity contribution in [2.24, 2.45) is 0 Å². The van der Waals surface area contributed by atoms with Crippen molar-refractivity contribution in [1.29, 1.82) is 0 Å². The van der Waals surface area contributed by atoms with Gasteiger partial charge in [-0.2, -0.15) is 0 Å². The van der Waals surface area contributed by atoms with Crippen LogP contribution in [0.15, 0.2) is 66.7 Å². The number of benzene rings is 3. The molecule has 0 amide bonds. The van der Waals surface area contributed by atoms with Crippen molar-refractivity contribution in [2.75, 3.05) is 33.3 Å². The number of hydrogen-bond donors (Lipinski definition) is 0. The van der Waals surface area contributed by atoms with E-state index in [0.717, 1.165) is 49.5 Å². The number of ether oxygens (including phenoxy) is 1. The van der Waals surface area contributed by atoms with Crippen molar-refractivity contribution in [3.05, 3.63) is 95.3 Å². The van der Waals surface area contributed by atoms with Gasteiger partial charge in [-0.25, -0.2) is 13.8 Å². The average molecular weight is 491 g/mol. The number of methoxy groups -OCH3 is 1. The summed E-state index contributed by atoms with van der Waals surface area (Å²) in [6.07, 6.45) is 0.981. The molecule has 1 saturated heterocycles. The number of hydrogen-bond acceptors (Lipinski definition) is 4. The molecule has 2 heterocycles. The Kier molecular flexibility index (Phi) is 7.30. The van der Waals surface area contributed by atoms with Crippen molar-refractivity contribution >= 4 is 11.0 Å². The first-order valence-corrected chi connectivity index (χ1v) is 12.5. The predicted octanol–water partition coefficient (Wildman–Crippen LogP) is 5.64. The maximum Gasteiger partial charge on any atom is 0.128 e. The molecular weight excluding hydrogens is 458 g/mol. The second-order valence-corrected chi connectivity index (χ2v) is 9.45. The van der Waals surface area contributed by atoms with Crippen LogP contribution in [-0.2, 0) is 13.1 Å². The highest BCUT2D eigenvalue weighted by atomic mass is 19.1. The van der Waals surface area contributed by atoms with Gasteiger partial charge in [-0.3, -0.25) is 9.80 Å². The Morgan fingerprint density at radius 3 is 2.36 bits per heavy atom. The second kappa shape index (κ2) is 10.8. The van der Waals surface area contributed by atoms with Crippen LogP contribution < -0.4 is 4.74 Å². The Morgan fingerprint density at radius 2 is 1.58 bits per heavy atom. The van der Waals surface area contributed by atoms with Gasteiger partial charge >= 0.3 is 0 Å². The summed E-state index contributed by atoms with van der Waals surface area (Å²) in [7, 11) is 1.60. The van der Waals surface area contributed by atoms with Crippen LogP contribution >= 0.6 is 0 Å². The zero-order valence-corrected chi connectivity index (χ0v) is 20.8. The Labute approximate surface area is 210 Å². The van der Waals surface area contributed by atoms with Crippen LogP contribution in [0.4, 0.5) is 8.78 Å². The van der Waals surface area contributed by atoms with Crippen molar-refractivity contribution in [2.45, 2.75) is 32.5 Å². The SMILES string of the molecule is COc1ccc(F)c(CN2CCCN(Cc3nc4ccccc4n3C(C)c3ccccc3F)CC2)c1. The lowest BCUT2D eigenvalue weighted by Crippen LogP contribution is -2.31. The number of nitrogens with zero attached hydrogens (tertiary/aromatic N) is 4. The lowest BCUT2D eigenvalue weighted by molar-refractivity contribution is 0.239. The van der Waals surface area contributed by atoms with Crippen molar-refractivity contribution in [3.8, 4) is 5.75 Å². The summed E-state index contributed by atoms with van der Waals surface area (Å²) in [4.78, 5) is 9.64. The first kappa shape index (κ1) is 24.4. The van der Waals surface area contributed by atoms with Crippen LogP contribution in [0.5, 0.6) is 5.75 Å². The van der Waals surface area contributed by atoms with Gasteiger partial charge in [0.15, 0.2) is 0 Å². The lowest BCUT2D eigenvalue weighted by Gasteiger charge is -2.24. The molecule has 0 radical (unpaired) electrons. The van der Waals surface area contributed by atoms with E-state index in [4.69, 9.17) is 9.72 Å². The third-order valence-corrected chi connectivity index (χ3v) is 7.10. The van der Waals surface area contributed by atoms with Gasteiger partial charge in [0, 0.05) is 30.8 Å². The van der Waals surface area contributed by atoms with E-state index in [0.29, 0.717) is 30.0 Å². The Morgan fingerprint density at radius 1 is 0.861 bits per heavy atom. The van der Waals surface area contributed by atoms with Gasteiger partial charge < -0.3 is 9.30 Å². The number of rotatable bonds is 7. The summed E-state index contributed by atoms with van der Waals surface area (Å²) in [6.45, 7) is 6.77. The van der Waals surface area contributed by atoms with Gasteiger partial charge in [0.1, 0.15) is 23.2 Å². The Bertz CT molecular complexity index is 1340. The summed E-state index contributed by atoms with van der Waals surface area (Å²) in [5.41, 5.74) is 3.24. The molecule has 0 spiro atoms. The highest BCUT2D eigenvalue weighted by Crippen LogP contribution is 2.28. The summed E-state index contributed by atoms with van der Waals surface area (Å²) in [6, 6.07) is 19.7. The predicted molar refractivity (Wildman–Crippen MR) is 138 cm³/mol. The van der Waals surface area contributed by atoms with E-state index in [1.165, 1.54) is 12.1 Å². The minimum atomic E-state index is -0.205. The molecule has 36 heavy (non-hydrogen) atoms. The van der Waals surface area contributed by atoms with Gasteiger partial charge in [-0.1, -0.05) is 30.3 Å². The average Bonchev–Trinajstić information content (AvgIpc) is 3.10. The first-order valence-electron chi connectivity index (χ1n) is 12.5. The van der Waals surface area contributed by atoms with E-state index >= 15 is 0 Å². The number of imidazole rings is 1. The van der Waals surface area contributed by atoms with Gasteiger partial charge in [0.05, 0.1) is 30.7 Å². The third kappa shape index (κ3) is 5.13. The minimum absolute atomic E-state index is 0.187. The Hall–Kier alpha value is -3.29. The van der Waals surface area contributed by atoms with Crippen LogP contribution in [0.3, 0.4) is 0 Å². The van der Waals surface area contributed by atoms with E-state index in [1.54, 1.807) is 25.3 Å². The van der Waals surface area contributed by atoms with Gasteiger partial charge in [-0.15, -0.1) is 0 Å². The van der Waals surface area contributed by atoms with Gasteiger partial charge in [0.2, 0.25) is 0 Å². The summed E-state index contributed by atoms with van der Waals surface area (Å²) < 4.78 is 36.5. The molecule has 0 bridgehead atoms. The van der Waals surface area contributed by atoms with E-state index in [1.807, 2.05) is 37.3 Å². The number of aromatic nitrogens is 2. The lowest BCUT2D eigenvalue weighted by atomic mass is 10.1. The standard InChI is InChI=1S/C29H32F2N4O/c1-21(24-8-3-4-9-26(24)31)35-28-11-6-5-10-27(28)32-29(35)20-34-15-7-14-33(16-17-34)19-22-18-23(36-2)12-13-25(22)30/h3-6,8-13,18,21H,7,14-17,19-20H2,1-2H3. The quantitative estimate of drug-likeness (QED) is 0.336. The highest BCUT2D eigenvalue weighted by molar-refractivity contribution is 5.76. The largest absolute Gasteiger partial charge is 0.497 e. The molecule has 0 saturated carbocycles. The molecule has 1 atom stereocenters. The van der Waals surface area contributed by atoms with Crippen molar-refractivity contribution < 1.29 is 13.5 Å². The van der Waals surface area contributed by atoms with Crippen LogP contribution in [0.2, 0.25) is 0 Å². The summed E-state index contributed by atoms with van der Waals surface area (Å²) in [5, 5.41) is 0. The first-order chi connectivity index (χ1) is 17.5. The number of fused-ring (bicyclic) bond motifs is 1. The smallest absolute Gasteiger partial charge is 0.128 e. The number of halogens is 2. The van der Waals surface area contributed by atoms with Crippen molar-refractivity contribution in [1.82, 2.24) is 19.4 Å². The fraction of sp³-hybridized carbons (Fsp3) is 0.345. The zero-order valence-electron chi connectivity index (χ0n) is 20.8. The van der Waals surface area contributed by atoms with Gasteiger partial charge in [-0.05, 0) is 62.8 Å². The molecule has 7 heteroatoms. The topological polar surface area (TPSA) is 33.5 Å². The highest BCUT2D eigenvalue weighted by Gasteiger charge is 2.23. The van der Waals surface area contributed by atoms with Crippen molar-refractivity contribution in [3.63, 3.8) is 0 Å². The zero-order chi connectivity index (χ0) is 25.1. The molecule has 188 valence electrons. The monoisotopic (exact) mass is 490 g/mol. The molecule has 1 fully saturated rings. The normalized spacial score (nSPS) is 16.2. The molecular formula is C29H32F2N4O. The molecule has 1 aliphatic heterocycles. The molecule has 1 aliphatic rings. The molecule has 1 aromatic heterocycles. The molecule has 0 N–H and O–H groups in total. The molecule has 3 aromatic carbocycles. The Balaban J connectivity index is 1.34. The van der Waals surface area contributed by atoms with E-state index < -0.39 is 0 Å². The molecule has 1 unspecified atom stereocenters. The second-order valence-electron chi connectivity index (χ2n) is 9.45. The molecule has 0 aliphatic carbocycles. The van der Waals surface area contributed by atoms with Gasteiger partial charge in [0.25, 0.3) is 0 Å². The van der Waals surface area contributed by atoms with Crippen LogP contribution in [0.1, 0.15) is 36.3 Å². The summed E-state index contributed by atoms with van der Waals surface area (Å²) in [5.74, 6) is 1.20. The fourth-order valence-electron chi connectivity index (χ4n) is 5.17. The third-order valence-electron chi connectivity index (χ3n) is 7.10. The van der Waals surface area contributed by atoms with E-state index in [-0.39, 0.29) is 17.7 Å². The molecule has 5 rings (SSSR count). The van der Waals surface area contributed by atoms with Crippen LogP contribution in [-0.4, -0.2) is 52.6 Å². The summed E-state index contributed by atoms with van der Waals surface area (Å²) >= 11 is 0. The maximum absolute atomic E-state index is 14.7. The minimum Gasteiger partial charge on any atom is -0.497 e. The molecule has 4 aromatic rings. The fourth-order valence-corrected chi connectivity index (χ4v) is 5.17. The van der Waals surface area contributed by atoms with Crippen LogP contribution in [0, 0.1) is 11.6 Å². The van der Waals surface area contributed by atoms with Crippen LogP contribution in [0.25, 0.3) is 11.0 Å². The number of para-hydroxylation sites is 2.